The van der Waals surface area contributed by atoms with E-state index in [1.54, 1.807) is 0 Å². The predicted molar refractivity (Wildman–Crippen MR) is 82.7 cm³/mol. The maximum atomic E-state index is 11.6. The molecule has 1 unspecified atom stereocenters. The SMILES string of the molecule is Cc1cc(C)cc(C(C)NCCCC(=O)NC2CC2)c1. The number of hydrogen-bond donors (Lipinski definition) is 2. The molecule has 1 amide bonds. The van der Waals surface area contributed by atoms with Crippen LogP contribution in [-0.4, -0.2) is 18.5 Å². The van der Waals surface area contributed by atoms with Crippen molar-refractivity contribution in [2.75, 3.05) is 6.54 Å². The molecule has 3 heteroatoms. The van der Waals surface area contributed by atoms with Gasteiger partial charge >= 0.3 is 0 Å². The number of carbonyl (C=O) groups is 1. The Morgan fingerprint density at radius 2 is 1.90 bits per heavy atom. The molecule has 2 N–H and O–H groups in total. The van der Waals surface area contributed by atoms with Crippen molar-refractivity contribution < 1.29 is 4.79 Å². The van der Waals surface area contributed by atoms with E-state index >= 15 is 0 Å². The number of benzene rings is 1. The third-order valence-corrected chi connectivity index (χ3v) is 3.72. The zero-order valence-electron chi connectivity index (χ0n) is 12.8. The van der Waals surface area contributed by atoms with Crippen LogP contribution in [0.3, 0.4) is 0 Å². The van der Waals surface area contributed by atoms with Crippen molar-refractivity contribution in [1.82, 2.24) is 10.6 Å². The van der Waals surface area contributed by atoms with Gasteiger partial charge in [-0.3, -0.25) is 4.79 Å². The number of nitrogens with one attached hydrogen (secondary N) is 2. The van der Waals surface area contributed by atoms with E-state index in [9.17, 15) is 4.79 Å². The molecule has 0 aromatic heterocycles. The van der Waals surface area contributed by atoms with Gasteiger partial charge in [-0.2, -0.15) is 0 Å². The van der Waals surface area contributed by atoms with Crippen LogP contribution >= 0.6 is 0 Å². The maximum Gasteiger partial charge on any atom is 0.220 e. The fourth-order valence-corrected chi connectivity index (χ4v) is 2.47. The minimum atomic E-state index is 0.202. The molecule has 1 atom stereocenters. The van der Waals surface area contributed by atoms with Crippen molar-refractivity contribution in [2.45, 2.75) is 58.5 Å². The summed E-state index contributed by atoms with van der Waals surface area (Å²) < 4.78 is 0. The van der Waals surface area contributed by atoms with Crippen molar-refractivity contribution in [2.24, 2.45) is 0 Å². The smallest absolute Gasteiger partial charge is 0.220 e. The van der Waals surface area contributed by atoms with Gasteiger partial charge in [0.1, 0.15) is 0 Å². The van der Waals surface area contributed by atoms with E-state index in [0.717, 1.165) is 25.8 Å². The van der Waals surface area contributed by atoms with E-state index < -0.39 is 0 Å². The van der Waals surface area contributed by atoms with Crippen LogP contribution in [0.1, 0.15) is 55.3 Å². The first-order chi connectivity index (χ1) is 9.54. The highest BCUT2D eigenvalue weighted by Crippen LogP contribution is 2.19. The first kappa shape index (κ1) is 15.0. The summed E-state index contributed by atoms with van der Waals surface area (Å²) in [6.07, 6.45) is 3.85. The van der Waals surface area contributed by atoms with Gasteiger partial charge < -0.3 is 10.6 Å². The van der Waals surface area contributed by atoms with Crippen molar-refractivity contribution in [3.63, 3.8) is 0 Å². The lowest BCUT2D eigenvalue weighted by atomic mass is 10.0. The number of aryl methyl sites for hydroxylation is 2. The zero-order valence-corrected chi connectivity index (χ0v) is 12.8. The summed E-state index contributed by atoms with van der Waals surface area (Å²) in [4.78, 5) is 11.6. The van der Waals surface area contributed by atoms with E-state index in [4.69, 9.17) is 0 Å². The first-order valence-corrected chi connectivity index (χ1v) is 7.65. The van der Waals surface area contributed by atoms with Gasteiger partial charge in [-0.1, -0.05) is 29.3 Å². The Kier molecular flexibility index (Phi) is 5.18. The molecule has 2 rings (SSSR count). The van der Waals surface area contributed by atoms with E-state index in [-0.39, 0.29) is 5.91 Å². The molecular weight excluding hydrogens is 248 g/mol. The monoisotopic (exact) mass is 274 g/mol. The second-order valence-electron chi connectivity index (χ2n) is 6.04. The molecule has 1 aromatic carbocycles. The fourth-order valence-electron chi connectivity index (χ4n) is 2.47. The van der Waals surface area contributed by atoms with E-state index in [1.807, 2.05) is 0 Å². The number of amides is 1. The Bertz CT molecular complexity index is 446. The van der Waals surface area contributed by atoms with Crippen molar-refractivity contribution in [1.29, 1.82) is 0 Å². The van der Waals surface area contributed by atoms with Gasteiger partial charge in [0.15, 0.2) is 0 Å². The van der Waals surface area contributed by atoms with Crippen molar-refractivity contribution in [3.05, 3.63) is 34.9 Å². The largest absolute Gasteiger partial charge is 0.353 e. The second-order valence-corrected chi connectivity index (χ2v) is 6.04. The Morgan fingerprint density at radius 3 is 2.50 bits per heavy atom. The quantitative estimate of drug-likeness (QED) is 0.750. The molecule has 1 aliphatic rings. The Hall–Kier alpha value is -1.35. The zero-order chi connectivity index (χ0) is 14.5. The topological polar surface area (TPSA) is 41.1 Å². The van der Waals surface area contributed by atoms with Gasteiger partial charge in [-0.15, -0.1) is 0 Å². The number of carbonyl (C=O) groups excluding carboxylic acids is 1. The van der Waals surface area contributed by atoms with Gasteiger partial charge in [-0.25, -0.2) is 0 Å². The van der Waals surface area contributed by atoms with Crippen LogP contribution < -0.4 is 10.6 Å². The van der Waals surface area contributed by atoms with Gasteiger partial charge in [0.05, 0.1) is 0 Å². The molecule has 20 heavy (non-hydrogen) atoms. The maximum absolute atomic E-state index is 11.6. The molecule has 1 fully saturated rings. The average Bonchev–Trinajstić information content (AvgIpc) is 3.17. The highest BCUT2D eigenvalue weighted by Gasteiger charge is 2.22. The van der Waals surface area contributed by atoms with Crippen LogP contribution in [0.25, 0.3) is 0 Å². The lowest BCUT2D eigenvalue weighted by Crippen LogP contribution is -2.27. The molecule has 0 radical (unpaired) electrons. The summed E-state index contributed by atoms with van der Waals surface area (Å²) in [5.74, 6) is 0.202. The molecule has 0 aliphatic heterocycles. The number of hydrogen-bond acceptors (Lipinski definition) is 2. The fraction of sp³-hybridized carbons (Fsp3) is 0.588. The van der Waals surface area contributed by atoms with Crippen LogP contribution in [0.4, 0.5) is 0 Å². The highest BCUT2D eigenvalue weighted by atomic mass is 16.1. The Morgan fingerprint density at radius 1 is 1.25 bits per heavy atom. The Labute approximate surface area is 122 Å². The molecule has 0 saturated heterocycles. The summed E-state index contributed by atoms with van der Waals surface area (Å²) in [5, 5.41) is 6.52. The first-order valence-electron chi connectivity index (χ1n) is 7.65. The van der Waals surface area contributed by atoms with Crippen molar-refractivity contribution in [3.8, 4) is 0 Å². The summed E-state index contributed by atoms with van der Waals surface area (Å²) in [5.41, 5.74) is 3.93. The third-order valence-electron chi connectivity index (χ3n) is 3.72. The van der Waals surface area contributed by atoms with E-state index in [2.05, 4.69) is 49.6 Å². The Balaban J connectivity index is 1.68. The van der Waals surface area contributed by atoms with E-state index in [1.165, 1.54) is 16.7 Å². The normalized spacial score (nSPS) is 15.9. The van der Waals surface area contributed by atoms with Gasteiger partial charge in [0.25, 0.3) is 0 Å². The third kappa shape index (κ3) is 4.97. The molecule has 110 valence electrons. The van der Waals surface area contributed by atoms with Gasteiger partial charge in [-0.05, 0) is 52.1 Å². The average molecular weight is 274 g/mol. The molecule has 0 heterocycles. The molecule has 1 saturated carbocycles. The summed E-state index contributed by atoms with van der Waals surface area (Å²) in [6.45, 7) is 7.32. The molecule has 3 nitrogen and oxygen atoms in total. The molecule has 0 spiro atoms. The van der Waals surface area contributed by atoms with Crippen LogP contribution in [0.5, 0.6) is 0 Å². The molecule has 1 aromatic rings. The summed E-state index contributed by atoms with van der Waals surface area (Å²) >= 11 is 0. The van der Waals surface area contributed by atoms with Gasteiger partial charge in [0.2, 0.25) is 5.91 Å². The lowest BCUT2D eigenvalue weighted by molar-refractivity contribution is -0.121. The van der Waals surface area contributed by atoms with Crippen LogP contribution in [0.15, 0.2) is 18.2 Å². The van der Waals surface area contributed by atoms with Crippen molar-refractivity contribution >= 4 is 5.91 Å². The number of rotatable bonds is 7. The summed E-state index contributed by atoms with van der Waals surface area (Å²) in [7, 11) is 0. The van der Waals surface area contributed by atoms with Crippen LogP contribution in [-0.2, 0) is 4.79 Å². The van der Waals surface area contributed by atoms with Crippen LogP contribution in [0, 0.1) is 13.8 Å². The molecule has 0 bridgehead atoms. The van der Waals surface area contributed by atoms with E-state index in [0.29, 0.717) is 18.5 Å². The van der Waals surface area contributed by atoms with Gasteiger partial charge in [0, 0.05) is 18.5 Å². The predicted octanol–water partition coefficient (Wildman–Crippen LogP) is 3.01. The second kappa shape index (κ2) is 6.89. The lowest BCUT2D eigenvalue weighted by Gasteiger charge is -2.15. The van der Waals surface area contributed by atoms with Crippen LogP contribution in [0.2, 0.25) is 0 Å². The standard InChI is InChI=1S/C17H26N2O/c1-12-9-13(2)11-15(10-12)14(3)18-8-4-5-17(20)19-16-6-7-16/h9-11,14,16,18H,4-8H2,1-3H3,(H,19,20). The molecular formula is C17H26N2O. The minimum Gasteiger partial charge on any atom is -0.353 e. The summed E-state index contributed by atoms with van der Waals surface area (Å²) in [6, 6.07) is 7.46. The highest BCUT2D eigenvalue weighted by molar-refractivity contribution is 5.76. The minimum absolute atomic E-state index is 0.202. The molecule has 1 aliphatic carbocycles.